The summed E-state index contributed by atoms with van der Waals surface area (Å²) in [7, 11) is 0. The summed E-state index contributed by atoms with van der Waals surface area (Å²) in [5.41, 5.74) is 0. The van der Waals surface area contributed by atoms with Crippen molar-refractivity contribution in [1.82, 2.24) is 0 Å². The normalized spacial score (nSPS) is 13.0. The van der Waals surface area contributed by atoms with E-state index >= 15 is 0 Å². The molecule has 2 nitrogen and oxygen atoms in total. The van der Waals surface area contributed by atoms with Crippen LogP contribution in [-0.2, 0) is 11.1 Å². The number of allylic oxidation sites excluding steroid dienone is 1. The van der Waals surface area contributed by atoms with Gasteiger partial charge in [0.25, 0.3) is 0 Å². The van der Waals surface area contributed by atoms with Crippen LogP contribution in [0.1, 0.15) is 6.92 Å². The van der Waals surface area contributed by atoms with Crippen LogP contribution in [0.5, 0.6) is 0 Å². The minimum absolute atomic E-state index is 0.269. The van der Waals surface area contributed by atoms with Crippen LogP contribution in [-0.4, -0.2) is 8.76 Å². The zero-order valence-electron chi connectivity index (χ0n) is 3.98. The summed E-state index contributed by atoms with van der Waals surface area (Å²) in [5.74, 6) is 0. The van der Waals surface area contributed by atoms with Crippen LogP contribution in [0.4, 0.5) is 0 Å². The van der Waals surface area contributed by atoms with E-state index in [-0.39, 0.29) is 4.91 Å². The molecule has 0 spiro atoms. The lowest BCUT2D eigenvalue weighted by Crippen LogP contribution is -1.86. The molecule has 8 heavy (non-hydrogen) atoms. The maximum atomic E-state index is 10.0. The highest BCUT2D eigenvalue weighted by Crippen LogP contribution is 2.19. The zero-order valence-corrected chi connectivity index (χ0v) is 7.97. The molecule has 0 aromatic heterocycles. The molecule has 0 aromatic rings. The third kappa shape index (κ3) is 2.96. The van der Waals surface area contributed by atoms with Gasteiger partial charge in [-0.25, -0.2) is 0 Å². The van der Waals surface area contributed by atoms with Gasteiger partial charge in [0.2, 0.25) is 0 Å². The summed E-state index contributed by atoms with van der Waals surface area (Å²) in [5, 5.41) is 0. The molecular weight excluding hydrogens is 260 g/mol. The number of halogens is 2. The van der Waals surface area contributed by atoms with Crippen molar-refractivity contribution in [2.75, 3.05) is 0 Å². The van der Waals surface area contributed by atoms with E-state index in [2.05, 4.69) is 31.9 Å². The van der Waals surface area contributed by atoms with Gasteiger partial charge >= 0.3 is 0 Å². The summed E-state index contributed by atoms with van der Waals surface area (Å²) in [6.45, 7) is 1.49. The molecule has 0 aliphatic rings. The molecule has 0 radical (unpaired) electrons. The molecule has 0 heterocycles. The lowest BCUT2D eigenvalue weighted by molar-refractivity contribution is 0.543. The van der Waals surface area contributed by atoms with E-state index in [1.165, 1.54) is 6.92 Å². The topological polar surface area (TPSA) is 40.1 Å². The first kappa shape index (κ1) is 8.81. The Bertz CT molecular complexity index is 138. The van der Waals surface area contributed by atoms with Crippen LogP contribution in [0.3, 0.4) is 0 Å². The Morgan fingerprint density at radius 2 is 2.00 bits per heavy atom. The summed E-state index contributed by atoms with van der Waals surface area (Å²) in [6.07, 6.45) is 0. The SMILES string of the molecule is CC(=C(Br)Br)S(=O)[O-]. The van der Waals surface area contributed by atoms with Crippen molar-refractivity contribution < 1.29 is 8.76 Å². The molecule has 0 amide bonds. The summed E-state index contributed by atoms with van der Waals surface area (Å²) >= 11 is 3.78. The smallest absolute Gasteiger partial charge is 0.0710 e. The second-order valence-corrected chi connectivity index (χ2v) is 4.78. The quantitative estimate of drug-likeness (QED) is 0.677. The molecule has 1 unspecified atom stereocenters. The Labute approximate surface area is 66.9 Å². The molecule has 0 bridgehead atoms. The van der Waals surface area contributed by atoms with Gasteiger partial charge in [0.15, 0.2) is 0 Å². The molecule has 1 atom stereocenters. The van der Waals surface area contributed by atoms with E-state index < -0.39 is 11.1 Å². The van der Waals surface area contributed by atoms with Crippen LogP contribution in [0.15, 0.2) is 8.30 Å². The highest BCUT2D eigenvalue weighted by atomic mass is 79.9. The number of rotatable bonds is 1. The molecule has 0 aliphatic heterocycles. The fourth-order valence-electron chi connectivity index (χ4n) is 0.0630. The van der Waals surface area contributed by atoms with Crippen molar-refractivity contribution in [2.24, 2.45) is 0 Å². The van der Waals surface area contributed by atoms with E-state index in [9.17, 15) is 8.76 Å². The lowest BCUT2D eigenvalue weighted by atomic mass is 10.8. The Balaban J connectivity index is 4.23. The molecule has 0 rings (SSSR count). The Hall–Kier alpha value is 0.810. The van der Waals surface area contributed by atoms with Crippen molar-refractivity contribution in [3.63, 3.8) is 0 Å². The third-order valence-corrected chi connectivity index (χ3v) is 2.93. The van der Waals surface area contributed by atoms with Crippen LogP contribution in [0.25, 0.3) is 0 Å². The van der Waals surface area contributed by atoms with Crippen molar-refractivity contribution >= 4 is 42.9 Å². The minimum Gasteiger partial charge on any atom is -0.769 e. The zero-order chi connectivity index (χ0) is 6.73. The van der Waals surface area contributed by atoms with E-state index in [0.717, 1.165) is 0 Å². The van der Waals surface area contributed by atoms with E-state index in [1.54, 1.807) is 0 Å². The first-order valence-corrected chi connectivity index (χ1v) is 4.33. The predicted octanol–water partition coefficient (Wildman–Crippen LogP) is 1.84. The van der Waals surface area contributed by atoms with Gasteiger partial charge in [-0.2, -0.15) is 0 Å². The molecule has 0 aromatic carbocycles. The molecule has 5 heteroatoms. The van der Waals surface area contributed by atoms with E-state index in [0.29, 0.717) is 3.39 Å². The molecule has 48 valence electrons. The first-order chi connectivity index (χ1) is 3.55. The summed E-state index contributed by atoms with van der Waals surface area (Å²) in [6, 6.07) is 0. The highest BCUT2D eigenvalue weighted by Gasteiger charge is 1.91. The van der Waals surface area contributed by atoms with Gasteiger partial charge in [-0.15, -0.1) is 0 Å². The highest BCUT2D eigenvalue weighted by molar-refractivity contribution is 9.28. The van der Waals surface area contributed by atoms with Gasteiger partial charge < -0.3 is 4.55 Å². The van der Waals surface area contributed by atoms with Crippen molar-refractivity contribution in [2.45, 2.75) is 6.92 Å². The van der Waals surface area contributed by atoms with Gasteiger partial charge in [-0.1, -0.05) is 0 Å². The second kappa shape index (κ2) is 3.76. The second-order valence-electron chi connectivity index (χ2n) is 1.05. The fraction of sp³-hybridized carbons (Fsp3) is 0.333. The van der Waals surface area contributed by atoms with Crippen LogP contribution in [0.2, 0.25) is 0 Å². The van der Waals surface area contributed by atoms with Gasteiger partial charge in [-0.05, 0) is 49.9 Å². The van der Waals surface area contributed by atoms with Crippen molar-refractivity contribution in [3.05, 3.63) is 8.30 Å². The van der Waals surface area contributed by atoms with Crippen molar-refractivity contribution in [1.29, 1.82) is 0 Å². The average molecular weight is 263 g/mol. The first-order valence-electron chi connectivity index (χ1n) is 1.67. The Kier molecular flexibility index (Phi) is 4.14. The minimum atomic E-state index is -2.10. The lowest BCUT2D eigenvalue weighted by Gasteiger charge is -2.02. The van der Waals surface area contributed by atoms with Gasteiger partial charge in [0.1, 0.15) is 0 Å². The maximum absolute atomic E-state index is 10.0. The van der Waals surface area contributed by atoms with E-state index in [4.69, 9.17) is 0 Å². The summed E-state index contributed by atoms with van der Waals surface area (Å²) in [4.78, 5) is 0.269. The average Bonchev–Trinajstić information content (AvgIpc) is 1.64. The van der Waals surface area contributed by atoms with Gasteiger partial charge in [0, 0.05) is 4.91 Å². The molecule has 0 fully saturated rings. The number of hydrogen-bond donors (Lipinski definition) is 0. The van der Waals surface area contributed by atoms with Gasteiger partial charge in [0.05, 0.1) is 3.39 Å². The molecule has 0 aliphatic carbocycles. The molecule has 0 saturated heterocycles. The van der Waals surface area contributed by atoms with Crippen LogP contribution in [0, 0.1) is 0 Å². The summed E-state index contributed by atoms with van der Waals surface area (Å²) < 4.78 is 20.5. The third-order valence-electron chi connectivity index (χ3n) is 0.516. The molecular formula is C3H3Br2O2S-. The van der Waals surface area contributed by atoms with Crippen molar-refractivity contribution in [3.8, 4) is 0 Å². The fourth-order valence-corrected chi connectivity index (χ4v) is 0.982. The van der Waals surface area contributed by atoms with Crippen LogP contribution >= 0.6 is 31.9 Å². The largest absolute Gasteiger partial charge is 0.769 e. The maximum Gasteiger partial charge on any atom is 0.0710 e. The van der Waals surface area contributed by atoms with Gasteiger partial charge in [-0.3, -0.25) is 4.21 Å². The Morgan fingerprint density at radius 1 is 1.62 bits per heavy atom. The van der Waals surface area contributed by atoms with E-state index in [1.807, 2.05) is 0 Å². The number of hydrogen-bond acceptors (Lipinski definition) is 2. The predicted molar refractivity (Wildman–Crippen MR) is 39.5 cm³/mol. The van der Waals surface area contributed by atoms with Crippen LogP contribution < -0.4 is 0 Å². The molecule has 0 N–H and O–H groups in total. The Morgan fingerprint density at radius 3 is 2.00 bits per heavy atom. The standard InChI is InChI=1S/C3H4Br2O2S/c1-2(3(4)5)8(6)7/h1H3,(H,6,7)/p-1. The molecule has 0 saturated carbocycles. The monoisotopic (exact) mass is 261 g/mol.